The van der Waals surface area contributed by atoms with Crippen molar-refractivity contribution in [1.82, 2.24) is 14.8 Å². The number of hydrogen-bond donors (Lipinski definition) is 0. The van der Waals surface area contributed by atoms with Gasteiger partial charge in [-0.2, -0.15) is 0 Å². The molecule has 2 aliphatic heterocycles. The van der Waals surface area contributed by atoms with Crippen molar-refractivity contribution in [3.8, 4) is 0 Å². The Bertz CT molecular complexity index is 856. The molecule has 0 N–H and O–H groups in total. The molecule has 2 fully saturated rings. The van der Waals surface area contributed by atoms with Crippen LogP contribution in [0.2, 0.25) is 0 Å². The maximum atomic E-state index is 12.9. The molecular weight excluding hydrogens is 382 g/mol. The standard InChI is InChI=1S/C23H29N3O2S/c1-18-24-20(17-29-18)23(19-8-4-2-5-9-19)11-14-25(15-12-23)22(28)16-26-13-7-3-6-10-21(26)27/h2,4-5,8-9,17H,3,6-7,10-16H2,1H3. The normalized spacial score (nSPS) is 19.8. The minimum atomic E-state index is -0.138. The van der Waals surface area contributed by atoms with Crippen molar-refractivity contribution in [2.75, 3.05) is 26.2 Å². The molecule has 0 aliphatic carbocycles. The summed E-state index contributed by atoms with van der Waals surface area (Å²) in [4.78, 5) is 33.7. The first kappa shape index (κ1) is 20.1. The van der Waals surface area contributed by atoms with Gasteiger partial charge in [0.2, 0.25) is 11.8 Å². The lowest BCUT2D eigenvalue weighted by Crippen LogP contribution is -2.49. The van der Waals surface area contributed by atoms with Crippen LogP contribution in [0.15, 0.2) is 35.7 Å². The lowest BCUT2D eigenvalue weighted by atomic mass is 9.70. The molecule has 0 atom stereocenters. The molecule has 4 rings (SSSR count). The third-order valence-corrected chi connectivity index (χ3v) is 7.18. The highest BCUT2D eigenvalue weighted by atomic mass is 32.1. The zero-order valence-electron chi connectivity index (χ0n) is 17.1. The minimum absolute atomic E-state index is 0.0800. The van der Waals surface area contributed by atoms with Crippen LogP contribution < -0.4 is 0 Å². The number of benzene rings is 1. The lowest BCUT2D eigenvalue weighted by molar-refractivity contribution is -0.141. The summed E-state index contributed by atoms with van der Waals surface area (Å²) in [5.41, 5.74) is 2.27. The molecular formula is C23H29N3O2S. The van der Waals surface area contributed by atoms with Gasteiger partial charge >= 0.3 is 0 Å². The molecule has 2 amide bonds. The first-order chi connectivity index (χ1) is 14.1. The van der Waals surface area contributed by atoms with Crippen LogP contribution in [0.5, 0.6) is 0 Å². The summed E-state index contributed by atoms with van der Waals surface area (Å²) < 4.78 is 0. The summed E-state index contributed by atoms with van der Waals surface area (Å²) in [5, 5.41) is 3.25. The zero-order valence-corrected chi connectivity index (χ0v) is 17.9. The van der Waals surface area contributed by atoms with Crippen molar-refractivity contribution in [2.24, 2.45) is 0 Å². The summed E-state index contributed by atoms with van der Waals surface area (Å²) in [6.45, 7) is 4.39. The molecule has 5 nitrogen and oxygen atoms in total. The Balaban J connectivity index is 1.48. The number of carbonyl (C=O) groups excluding carboxylic acids is 2. The second kappa shape index (κ2) is 8.66. The maximum Gasteiger partial charge on any atom is 0.242 e. The van der Waals surface area contributed by atoms with Crippen molar-refractivity contribution >= 4 is 23.2 Å². The van der Waals surface area contributed by atoms with E-state index in [1.54, 1.807) is 16.2 Å². The predicted octanol–water partition coefficient (Wildman–Crippen LogP) is 3.76. The average molecular weight is 412 g/mol. The molecule has 0 radical (unpaired) electrons. The van der Waals surface area contributed by atoms with Gasteiger partial charge in [0, 0.05) is 36.9 Å². The number of thiazole rings is 1. The van der Waals surface area contributed by atoms with Gasteiger partial charge in [0.1, 0.15) is 0 Å². The van der Waals surface area contributed by atoms with Gasteiger partial charge in [-0.3, -0.25) is 9.59 Å². The molecule has 0 unspecified atom stereocenters. The summed E-state index contributed by atoms with van der Waals surface area (Å²) in [7, 11) is 0. The fourth-order valence-corrected chi connectivity index (χ4v) is 5.35. The molecule has 3 heterocycles. The van der Waals surface area contributed by atoms with E-state index in [1.165, 1.54) is 5.56 Å². The molecule has 0 saturated carbocycles. The predicted molar refractivity (Wildman–Crippen MR) is 115 cm³/mol. The molecule has 2 saturated heterocycles. The summed E-state index contributed by atoms with van der Waals surface area (Å²) in [6, 6.07) is 10.6. The highest BCUT2D eigenvalue weighted by molar-refractivity contribution is 7.09. The van der Waals surface area contributed by atoms with Crippen LogP contribution >= 0.6 is 11.3 Å². The van der Waals surface area contributed by atoms with Crippen LogP contribution in [-0.2, 0) is 15.0 Å². The van der Waals surface area contributed by atoms with E-state index in [4.69, 9.17) is 4.98 Å². The number of hydrogen-bond acceptors (Lipinski definition) is 4. The fraction of sp³-hybridized carbons (Fsp3) is 0.522. The molecule has 0 bridgehead atoms. The summed E-state index contributed by atoms with van der Waals surface area (Å²) >= 11 is 1.69. The molecule has 29 heavy (non-hydrogen) atoms. The number of carbonyl (C=O) groups is 2. The Morgan fingerprint density at radius 2 is 1.86 bits per heavy atom. The summed E-state index contributed by atoms with van der Waals surface area (Å²) in [5.74, 6) is 0.209. The number of aromatic nitrogens is 1. The van der Waals surface area contributed by atoms with E-state index in [-0.39, 0.29) is 23.8 Å². The largest absolute Gasteiger partial charge is 0.341 e. The van der Waals surface area contributed by atoms with Gasteiger partial charge in [0.15, 0.2) is 0 Å². The van der Waals surface area contributed by atoms with Crippen LogP contribution in [0.25, 0.3) is 0 Å². The van der Waals surface area contributed by atoms with Crippen molar-refractivity contribution in [1.29, 1.82) is 0 Å². The van der Waals surface area contributed by atoms with Crippen molar-refractivity contribution in [3.05, 3.63) is 52.0 Å². The minimum Gasteiger partial charge on any atom is -0.341 e. The van der Waals surface area contributed by atoms with Crippen LogP contribution in [0.1, 0.15) is 54.8 Å². The monoisotopic (exact) mass is 411 g/mol. The first-order valence-corrected chi connectivity index (χ1v) is 11.5. The molecule has 1 aromatic heterocycles. The number of rotatable bonds is 4. The van der Waals surface area contributed by atoms with Crippen LogP contribution in [0, 0.1) is 6.92 Å². The highest BCUT2D eigenvalue weighted by Crippen LogP contribution is 2.42. The van der Waals surface area contributed by atoms with Crippen LogP contribution in [0.3, 0.4) is 0 Å². The third kappa shape index (κ3) is 4.22. The Morgan fingerprint density at radius 3 is 2.55 bits per heavy atom. The molecule has 0 spiro atoms. The average Bonchev–Trinajstić information content (AvgIpc) is 3.09. The molecule has 2 aromatic rings. The van der Waals surface area contributed by atoms with E-state index in [0.29, 0.717) is 26.1 Å². The zero-order chi connectivity index (χ0) is 20.3. The van der Waals surface area contributed by atoms with E-state index < -0.39 is 0 Å². The van der Waals surface area contributed by atoms with Gasteiger partial charge in [0.05, 0.1) is 17.2 Å². The fourth-order valence-electron chi connectivity index (χ4n) is 4.64. The number of amides is 2. The van der Waals surface area contributed by atoms with Crippen molar-refractivity contribution < 1.29 is 9.59 Å². The Kier molecular flexibility index (Phi) is 5.99. The van der Waals surface area contributed by atoms with Gasteiger partial charge in [-0.1, -0.05) is 36.8 Å². The van der Waals surface area contributed by atoms with Crippen LogP contribution in [0.4, 0.5) is 0 Å². The molecule has 2 aliphatic rings. The van der Waals surface area contributed by atoms with Gasteiger partial charge in [-0.05, 0) is 38.2 Å². The molecule has 6 heteroatoms. The Hall–Kier alpha value is -2.21. The molecule has 1 aromatic carbocycles. The van der Waals surface area contributed by atoms with E-state index in [0.717, 1.165) is 42.8 Å². The number of piperidine rings is 1. The van der Waals surface area contributed by atoms with Crippen LogP contribution in [-0.4, -0.2) is 52.8 Å². The van der Waals surface area contributed by atoms with Crippen molar-refractivity contribution in [2.45, 2.75) is 50.9 Å². The van der Waals surface area contributed by atoms with Gasteiger partial charge in [-0.15, -0.1) is 11.3 Å². The summed E-state index contributed by atoms with van der Waals surface area (Å²) in [6.07, 6.45) is 5.32. The van der Waals surface area contributed by atoms with Gasteiger partial charge in [0.25, 0.3) is 0 Å². The van der Waals surface area contributed by atoms with E-state index in [2.05, 4.69) is 29.6 Å². The van der Waals surface area contributed by atoms with Crippen molar-refractivity contribution in [3.63, 3.8) is 0 Å². The topological polar surface area (TPSA) is 53.5 Å². The Labute approximate surface area is 176 Å². The second-order valence-corrected chi connectivity index (χ2v) is 9.27. The lowest BCUT2D eigenvalue weighted by Gasteiger charge is -2.42. The van der Waals surface area contributed by atoms with E-state index >= 15 is 0 Å². The quantitative estimate of drug-likeness (QED) is 0.770. The Morgan fingerprint density at radius 1 is 1.10 bits per heavy atom. The smallest absolute Gasteiger partial charge is 0.242 e. The van der Waals surface area contributed by atoms with E-state index in [9.17, 15) is 9.59 Å². The second-order valence-electron chi connectivity index (χ2n) is 8.21. The SMILES string of the molecule is Cc1nc(C2(c3ccccc3)CCN(C(=O)CN3CCCCCC3=O)CC2)cs1. The van der Waals surface area contributed by atoms with Gasteiger partial charge in [-0.25, -0.2) is 4.98 Å². The first-order valence-electron chi connectivity index (χ1n) is 10.6. The number of nitrogens with zero attached hydrogens (tertiary/aromatic N) is 3. The van der Waals surface area contributed by atoms with E-state index in [1.807, 2.05) is 17.9 Å². The number of aryl methyl sites for hydroxylation is 1. The molecule has 154 valence electrons. The maximum absolute atomic E-state index is 12.9. The highest BCUT2D eigenvalue weighted by Gasteiger charge is 2.40. The third-order valence-electron chi connectivity index (χ3n) is 6.40. The van der Waals surface area contributed by atoms with Gasteiger partial charge < -0.3 is 9.80 Å². The number of likely N-dealkylation sites (tertiary alicyclic amines) is 2.